The fraction of sp³-hybridized carbons (Fsp3) is 0.310. The van der Waals surface area contributed by atoms with Crippen molar-refractivity contribution < 1.29 is 37.8 Å². The molecule has 0 unspecified atom stereocenters. The molecule has 1 atom stereocenters. The Bertz CT molecular complexity index is 1940. The number of carbonyl (C=O) groups is 4. The summed E-state index contributed by atoms with van der Waals surface area (Å²) in [5, 5.41) is 5.07. The Kier molecular flexibility index (Phi) is 14.1. The van der Waals surface area contributed by atoms with E-state index in [1.54, 1.807) is 59.7 Å². The van der Waals surface area contributed by atoms with Gasteiger partial charge in [-0.3, -0.25) is 15.4 Å². The Labute approximate surface area is 320 Å². The van der Waals surface area contributed by atoms with Crippen LogP contribution < -0.4 is 15.4 Å². The predicted octanol–water partition coefficient (Wildman–Crippen LogP) is 9.34. The lowest BCUT2D eigenvalue weighted by Crippen LogP contribution is -2.47. The minimum absolute atomic E-state index is 0.0209. The number of halogens is 2. The summed E-state index contributed by atoms with van der Waals surface area (Å²) in [7, 11) is 0. The van der Waals surface area contributed by atoms with Gasteiger partial charge in [-0.2, -0.15) is 0 Å². The van der Waals surface area contributed by atoms with Crippen molar-refractivity contribution in [1.82, 2.24) is 10.6 Å². The summed E-state index contributed by atoms with van der Waals surface area (Å²) in [5.74, 6) is -1.13. The number of nitrogens with zero attached hydrogens (tertiary/aromatic N) is 1. The number of guanidine groups is 1. The lowest BCUT2D eigenvalue weighted by atomic mass is 9.87. The van der Waals surface area contributed by atoms with Crippen LogP contribution in [-0.4, -0.2) is 41.1 Å². The van der Waals surface area contributed by atoms with Gasteiger partial charge >= 0.3 is 18.2 Å². The van der Waals surface area contributed by atoms with Crippen LogP contribution in [0.4, 0.5) is 19.7 Å². The minimum Gasteiger partial charge on any atom is -0.444 e. The first-order valence-corrected chi connectivity index (χ1v) is 17.8. The molecular formula is C42H45ClFN3O7. The molecule has 4 aromatic carbocycles. The molecule has 0 fully saturated rings. The van der Waals surface area contributed by atoms with Crippen molar-refractivity contribution in [3.63, 3.8) is 0 Å². The van der Waals surface area contributed by atoms with E-state index >= 15 is 0 Å². The molecule has 0 spiro atoms. The summed E-state index contributed by atoms with van der Waals surface area (Å²) < 4.78 is 30.0. The van der Waals surface area contributed by atoms with Crippen LogP contribution in [0.25, 0.3) is 0 Å². The Morgan fingerprint density at radius 2 is 1.33 bits per heavy atom. The predicted molar refractivity (Wildman–Crippen MR) is 206 cm³/mol. The third kappa shape index (κ3) is 14.5. The zero-order valence-corrected chi connectivity index (χ0v) is 32.0. The Morgan fingerprint density at radius 1 is 0.741 bits per heavy atom. The van der Waals surface area contributed by atoms with E-state index in [1.165, 1.54) is 42.5 Å². The highest BCUT2D eigenvalue weighted by Crippen LogP contribution is 2.26. The highest BCUT2D eigenvalue weighted by molar-refractivity contribution is 6.31. The molecule has 2 N–H and O–H groups in total. The van der Waals surface area contributed by atoms with Gasteiger partial charge in [0.2, 0.25) is 5.96 Å². The van der Waals surface area contributed by atoms with Gasteiger partial charge in [-0.1, -0.05) is 60.1 Å². The van der Waals surface area contributed by atoms with Gasteiger partial charge in [-0.05, 0) is 126 Å². The van der Waals surface area contributed by atoms with E-state index in [1.807, 2.05) is 36.4 Å². The molecule has 0 aromatic heterocycles. The molecule has 0 aliphatic rings. The molecule has 0 radical (unpaired) electrons. The van der Waals surface area contributed by atoms with Crippen molar-refractivity contribution in [1.29, 1.82) is 0 Å². The third-order valence-corrected chi connectivity index (χ3v) is 7.85. The molecule has 12 heteroatoms. The second-order valence-electron chi connectivity index (χ2n) is 14.7. The minimum atomic E-state index is -0.848. The van der Waals surface area contributed by atoms with Crippen molar-refractivity contribution in [2.24, 2.45) is 10.9 Å². The average Bonchev–Trinajstić information content (AvgIpc) is 3.05. The van der Waals surface area contributed by atoms with Crippen LogP contribution in [0.2, 0.25) is 5.02 Å². The molecule has 0 heterocycles. The van der Waals surface area contributed by atoms with Crippen molar-refractivity contribution in [2.75, 3.05) is 0 Å². The lowest BCUT2D eigenvalue weighted by molar-refractivity contribution is -0.119. The molecule has 54 heavy (non-hydrogen) atoms. The summed E-state index contributed by atoms with van der Waals surface area (Å²) in [5.41, 5.74) is 1.37. The maximum absolute atomic E-state index is 13.9. The van der Waals surface area contributed by atoms with E-state index in [0.717, 1.165) is 11.1 Å². The first-order valence-electron chi connectivity index (χ1n) is 17.4. The number of nitrogens with one attached hydrogen (secondary N) is 2. The number of rotatable bonds is 11. The summed E-state index contributed by atoms with van der Waals surface area (Å²) in [4.78, 5) is 55.4. The molecule has 4 aromatic rings. The second-order valence-corrected chi connectivity index (χ2v) is 15.1. The Morgan fingerprint density at radius 3 is 1.91 bits per heavy atom. The van der Waals surface area contributed by atoms with Gasteiger partial charge in [0.25, 0.3) is 0 Å². The van der Waals surface area contributed by atoms with Gasteiger partial charge in [-0.15, -0.1) is 0 Å². The number of carbonyl (C=O) groups excluding carboxylic acids is 4. The summed E-state index contributed by atoms with van der Waals surface area (Å²) in [6.07, 6.45) is -0.141. The standard InChI is InChI=1S/C42H45ClFN3O7/c1-41(2,3)53-39(50)46-38(47-40(51)54-42(4,5)6)45-33-18-15-30(16-19-33)37(49)52-35-20-17-31(36(43)26-35)25-34(48)24-29(21-27-11-8-7-9-12-27)22-28-13-10-14-32(44)23-28/h7-20,23,26,29H,21-22,24-25H2,1-6H3,(H2,45,46,47,50,51)/t29-/m1/s1. The number of esters is 1. The molecular weight excluding hydrogens is 713 g/mol. The molecule has 2 amide bonds. The molecule has 0 saturated carbocycles. The molecule has 284 valence electrons. The number of hydrogen-bond donors (Lipinski definition) is 2. The zero-order chi connectivity index (χ0) is 39.5. The first-order chi connectivity index (χ1) is 25.4. The molecule has 0 aliphatic carbocycles. The number of amides is 2. The van der Waals surface area contributed by atoms with Crippen LogP contribution in [0.5, 0.6) is 5.75 Å². The number of ether oxygens (including phenoxy) is 3. The van der Waals surface area contributed by atoms with Crippen LogP contribution in [0.3, 0.4) is 0 Å². The highest BCUT2D eigenvalue weighted by Gasteiger charge is 2.22. The lowest BCUT2D eigenvalue weighted by Gasteiger charge is -2.22. The maximum Gasteiger partial charge on any atom is 0.414 e. The topological polar surface area (TPSA) is 132 Å². The van der Waals surface area contributed by atoms with Crippen molar-refractivity contribution in [3.8, 4) is 5.75 Å². The number of benzene rings is 4. The van der Waals surface area contributed by atoms with E-state index in [-0.39, 0.29) is 58.3 Å². The number of ketones is 1. The number of Topliss-reactive ketones (excluding diaryl/α,β-unsaturated/α-hetero) is 1. The van der Waals surface area contributed by atoms with Crippen molar-refractivity contribution >= 4 is 47.2 Å². The summed E-state index contributed by atoms with van der Waals surface area (Å²) in [6.45, 7) is 10.1. The van der Waals surface area contributed by atoms with Crippen molar-refractivity contribution in [3.05, 3.63) is 130 Å². The van der Waals surface area contributed by atoms with Crippen LogP contribution in [0.15, 0.2) is 102 Å². The van der Waals surface area contributed by atoms with Crippen LogP contribution in [0, 0.1) is 11.7 Å². The molecule has 4 rings (SSSR count). The first kappa shape index (κ1) is 41.2. The van der Waals surface area contributed by atoms with Crippen molar-refractivity contribution in [2.45, 2.75) is 78.4 Å². The SMILES string of the molecule is CC(C)(C)OC(=O)NC(=Nc1ccc(C(=O)Oc2ccc(CC(=O)C[C@H](Cc3ccccc3)Cc3cccc(F)c3)c(Cl)c2)cc1)NC(=O)OC(C)(C)C. The number of alkyl carbamates (subject to hydrolysis) is 2. The van der Waals surface area contributed by atoms with Gasteiger partial charge in [0, 0.05) is 17.9 Å². The van der Waals surface area contributed by atoms with E-state index in [4.69, 9.17) is 25.8 Å². The molecule has 0 bridgehead atoms. The van der Waals surface area contributed by atoms with Crippen LogP contribution >= 0.6 is 11.6 Å². The second kappa shape index (κ2) is 18.5. The summed E-state index contributed by atoms with van der Waals surface area (Å²) in [6, 6.07) is 26.9. The van der Waals surface area contributed by atoms with Crippen LogP contribution in [-0.2, 0) is 33.5 Å². The fourth-order valence-corrected chi connectivity index (χ4v) is 5.59. The Hall–Kier alpha value is -5.55. The third-order valence-electron chi connectivity index (χ3n) is 7.50. The zero-order valence-electron chi connectivity index (χ0n) is 31.2. The van der Waals surface area contributed by atoms with Gasteiger partial charge in [0.05, 0.1) is 11.3 Å². The van der Waals surface area contributed by atoms with Gasteiger partial charge < -0.3 is 14.2 Å². The maximum atomic E-state index is 13.9. The van der Waals surface area contributed by atoms with Gasteiger partial charge in [0.15, 0.2) is 0 Å². The quantitative estimate of drug-likeness (QED) is 0.0675. The molecule has 10 nitrogen and oxygen atoms in total. The van der Waals surface area contributed by atoms with Crippen LogP contribution in [0.1, 0.15) is 75.0 Å². The number of aliphatic imine (C=N–C) groups is 1. The van der Waals surface area contributed by atoms with E-state index in [2.05, 4.69) is 15.6 Å². The highest BCUT2D eigenvalue weighted by atomic mass is 35.5. The summed E-state index contributed by atoms with van der Waals surface area (Å²) >= 11 is 6.55. The van der Waals surface area contributed by atoms with E-state index in [9.17, 15) is 23.6 Å². The normalized spacial score (nSPS) is 11.9. The molecule has 0 aliphatic heterocycles. The van der Waals surface area contributed by atoms with Gasteiger partial charge in [0.1, 0.15) is 28.6 Å². The monoisotopic (exact) mass is 757 g/mol. The van der Waals surface area contributed by atoms with E-state index < -0.39 is 29.4 Å². The number of hydrogen-bond acceptors (Lipinski definition) is 8. The average molecular weight is 758 g/mol. The fourth-order valence-electron chi connectivity index (χ4n) is 5.36. The smallest absolute Gasteiger partial charge is 0.414 e. The Balaban J connectivity index is 1.40. The van der Waals surface area contributed by atoms with Gasteiger partial charge in [-0.25, -0.2) is 23.8 Å². The largest absolute Gasteiger partial charge is 0.444 e. The van der Waals surface area contributed by atoms with E-state index in [0.29, 0.717) is 18.4 Å². The molecule has 0 saturated heterocycles.